The topological polar surface area (TPSA) is 155 Å². The molecule has 0 spiro atoms. The number of hydrogen-bond acceptors (Lipinski definition) is 12. The second-order valence-electron chi connectivity index (χ2n) is 32.7. The molecule has 0 aliphatic heterocycles. The van der Waals surface area contributed by atoms with E-state index in [4.69, 9.17) is 66.3 Å². The summed E-state index contributed by atoms with van der Waals surface area (Å²) in [4.78, 5) is 54.2. The van der Waals surface area contributed by atoms with Crippen molar-refractivity contribution in [1.29, 1.82) is 0 Å². The molecule has 654 valence electrons. The lowest BCUT2D eigenvalue weighted by atomic mass is 9.86. The van der Waals surface area contributed by atoms with Crippen LogP contribution in [0.5, 0.6) is 0 Å². The van der Waals surface area contributed by atoms with Gasteiger partial charge in [0.05, 0.1) is 0 Å². The molecule has 0 radical (unpaired) electrons. The van der Waals surface area contributed by atoms with Crippen molar-refractivity contribution in [2.75, 3.05) is 0 Å². The Morgan fingerprint density at radius 1 is 0.116 bits per heavy atom. The van der Waals surface area contributed by atoms with E-state index >= 15 is 0 Å². The number of aromatic nitrogens is 12. The maximum atomic E-state index is 6.42. The highest BCUT2D eigenvalue weighted by atomic mass is 35.5. The van der Waals surface area contributed by atoms with Crippen molar-refractivity contribution in [2.45, 2.75) is 0 Å². The van der Waals surface area contributed by atoms with E-state index in [2.05, 4.69) is 337 Å². The van der Waals surface area contributed by atoms with Gasteiger partial charge in [-0.15, -0.1) is 0 Å². The van der Waals surface area contributed by atoms with E-state index in [-0.39, 0.29) is 21.1 Å². The van der Waals surface area contributed by atoms with Gasteiger partial charge in [-0.2, -0.15) is 39.9 Å². The lowest BCUT2D eigenvalue weighted by molar-refractivity contribution is 1.07. The summed E-state index contributed by atoms with van der Waals surface area (Å²) in [5.74, 6) is 4.45. The zero-order valence-electron chi connectivity index (χ0n) is 73.9. The van der Waals surface area contributed by atoms with Crippen molar-refractivity contribution >= 4 is 100 Å². The molecule has 0 bridgehead atoms. The predicted molar refractivity (Wildman–Crippen MR) is 568 cm³/mol. The highest BCUT2D eigenvalue weighted by Gasteiger charge is 2.22. The summed E-state index contributed by atoms with van der Waals surface area (Å²) < 4.78 is 0. The summed E-state index contributed by atoms with van der Waals surface area (Å²) in [6.45, 7) is 0. The minimum atomic E-state index is 0.171. The molecule has 4 aromatic heterocycles. The van der Waals surface area contributed by atoms with Crippen LogP contribution in [0.15, 0.2) is 473 Å². The van der Waals surface area contributed by atoms with Crippen LogP contribution in [-0.4, -0.2) is 59.8 Å². The van der Waals surface area contributed by atoms with E-state index in [0.29, 0.717) is 46.6 Å². The number of hydrogen-bond donors (Lipinski definition) is 0. The van der Waals surface area contributed by atoms with Gasteiger partial charge >= 0.3 is 0 Å². The first-order chi connectivity index (χ1) is 68.0. The van der Waals surface area contributed by atoms with Gasteiger partial charge in [-0.3, -0.25) is 0 Å². The van der Waals surface area contributed by atoms with E-state index in [0.717, 1.165) is 99.4 Å². The number of halogens is 4. The van der Waals surface area contributed by atoms with E-state index in [9.17, 15) is 0 Å². The lowest BCUT2D eigenvalue weighted by Crippen LogP contribution is -1.98. The Morgan fingerprint density at radius 3 is 0.783 bits per heavy atom. The lowest BCUT2D eigenvalue weighted by Gasteiger charge is -2.17. The van der Waals surface area contributed by atoms with Crippen LogP contribution in [0.1, 0.15) is 0 Å². The Kier molecular flexibility index (Phi) is 25.6. The summed E-state index contributed by atoms with van der Waals surface area (Å²) in [6, 6.07) is 162. The minimum Gasteiger partial charge on any atom is -0.208 e. The molecule has 24 rings (SSSR count). The molecule has 0 unspecified atom stereocenters. The third-order valence-electron chi connectivity index (χ3n) is 24.1. The molecule has 12 nitrogen and oxygen atoms in total. The standard InChI is InChI=1S/C35H22ClN3.2C31H20ClN3.C25H16ClN3/c36-35-38-33(25-13-5-2-6-14-25)37-34(39-35)26-21-19-24(20-22-26)32-29-17-9-7-15-27(29)31(23-11-3-1-4-12-23)28-16-8-10-18-30(28)32;32-31-34-29(25-16-9-15-23(18-25)21-10-3-1-4-11-21)33-30(35-31)26-19-24-14-7-8-17-27(24)28(20-26)22-12-5-2-6-13-22;32-31-34-29(24-16-14-22(15-17-24)21-8-3-1-4-9-21)33-30(35-31)26-18-19-28-25(20-26)12-7-13-27(28)23-10-5-2-6-11-23;26-25-28-23(18-10-5-2-6-11-18)27-24(29-25)22-13-7-12-20-16-19(14-15-21(20)22)17-8-3-1-4-9-17/h1-22H;2*1-20H;1-16H. The molecular weight excluding hydrogens is 1780 g/mol. The third-order valence-corrected chi connectivity index (χ3v) is 24.7. The first-order valence-electron chi connectivity index (χ1n) is 45.0. The molecule has 0 N–H and O–H groups in total. The van der Waals surface area contributed by atoms with Crippen molar-refractivity contribution in [3.8, 4) is 169 Å². The zero-order valence-corrected chi connectivity index (χ0v) is 76.9. The van der Waals surface area contributed by atoms with Crippen LogP contribution >= 0.6 is 46.4 Å². The predicted octanol–water partition coefficient (Wildman–Crippen LogP) is 32.9. The molecule has 0 aliphatic rings. The average Bonchev–Trinajstić information content (AvgIpc) is 0.732. The molecule has 0 saturated heterocycles. The highest BCUT2D eigenvalue weighted by molar-refractivity contribution is 6.29. The maximum Gasteiger partial charge on any atom is 0.226 e. The van der Waals surface area contributed by atoms with Crippen LogP contribution in [0.4, 0.5) is 0 Å². The third kappa shape index (κ3) is 19.4. The van der Waals surface area contributed by atoms with Crippen molar-refractivity contribution in [2.24, 2.45) is 0 Å². The first kappa shape index (κ1) is 87.5. The van der Waals surface area contributed by atoms with Gasteiger partial charge < -0.3 is 0 Å². The Morgan fingerprint density at radius 2 is 0.341 bits per heavy atom. The summed E-state index contributed by atoms with van der Waals surface area (Å²) >= 11 is 25.3. The highest BCUT2D eigenvalue weighted by Crippen LogP contribution is 2.45. The van der Waals surface area contributed by atoms with Crippen LogP contribution in [0.25, 0.3) is 223 Å². The summed E-state index contributed by atoms with van der Waals surface area (Å²) in [5, 5.41) is 12.4. The fraction of sp³-hybridized carbons (Fsp3) is 0. The summed E-state index contributed by atoms with van der Waals surface area (Å²) in [5.41, 5.74) is 23.6. The van der Waals surface area contributed by atoms with Crippen LogP contribution < -0.4 is 0 Å². The van der Waals surface area contributed by atoms with Gasteiger partial charge in [0.15, 0.2) is 46.6 Å². The molecule has 138 heavy (non-hydrogen) atoms. The summed E-state index contributed by atoms with van der Waals surface area (Å²) in [7, 11) is 0. The normalized spacial score (nSPS) is 11.0. The number of fused-ring (bicyclic) bond motifs is 5. The molecule has 0 atom stereocenters. The van der Waals surface area contributed by atoms with E-state index < -0.39 is 0 Å². The van der Waals surface area contributed by atoms with Gasteiger partial charge in [-0.25, -0.2) is 19.9 Å². The van der Waals surface area contributed by atoms with Gasteiger partial charge in [0.25, 0.3) is 0 Å². The molecular formula is C122H78Cl4N12. The fourth-order valence-electron chi connectivity index (χ4n) is 17.5. The molecule has 0 aliphatic carbocycles. The van der Waals surface area contributed by atoms with Crippen LogP contribution in [-0.2, 0) is 0 Å². The van der Waals surface area contributed by atoms with Crippen molar-refractivity contribution in [3.63, 3.8) is 0 Å². The van der Waals surface area contributed by atoms with E-state index in [1.54, 1.807) is 0 Å². The zero-order chi connectivity index (χ0) is 93.0. The molecule has 0 fully saturated rings. The monoisotopic (exact) mass is 1850 g/mol. The van der Waals surface area contributed by atoms with E-state index in [1.165, 1.54) is 76.8 Å². The molecule has 20 aromatic carbocycles. The van der Waals surface area contributed by atoms with Gasteiger partial charge in [0, 0.05) is 44.5 Å². The van der Waals surface area contributed by atoms with Gasteiger partial charge in [-0.05, 0) is 208 Å². The molecule has 16 heteroatoms. The van der Waals surface area contributed by atoms with Crippen LogP contribution in [0.2, 0.25) is 21.1 Å². The quantitative estimate of drug-likeness (QED) is 0.0897. The average molecular weight is 1850 g/mol. The van der Waals surface area contributed by atoms with E-state index in [1.807, 2.05) is 176 Å². The number of benzene rings is 20. The van der Waals surface area contributed by atoms with Gasteiger partial charge in [0.2, 0.25) is 21.1 Å². The second kappa shape index (κ2) is 40.4. The van der Waals surface area contributed by atoms with Crippen molar-refractivity contribution < 1.29 is 0 Å². The molecule has 0 saturated carbocycles. The number of rotatable bonds is 15. The fourth-order valence-corrected chi connectivity index (χ4v) is 18.2. The van der Waals surface area contributed by atoms with Crippen LogP contribution in [0, 0.1) is 0 Å². The Balaban J connectivity index is 0.000000110. The number of nitrogens with zero attached hydrogens (tertiary/aromatic N) is 12. The SMILES string of the molecule is Clc1nc(-c2ccc(-c3ccccc3)cc2)nc(-c2ccc3c(-c4ccccc4)cccc3c2)n1.Clc1nc(-c2cccc(-c3ccccc3)c2)nc(-c2cc(-c3ccccc3)c3ccccc3c2)n1.Clc1nc(-c2ccccc2)nc(-c2ccc(-c3c4ccccc4c(-c4ccccc4)c4ccccc34)cc2)n1.Clc1nc(-c2ccccc2)nc(-c2cccc3cc(-c4ccccc4)ccc23)n1. The van der Waals surface area contributed by atoms with Crippen LogP contribution in [0.3, 0.4) is 0 Å². The van der Waals surface area contributed by atoms with Gasteiger partial charge in [0.1, 0.15) is 0 Å². The molecule has 0 amide bonds. The molecule has 4 heterocycles. The Bertz CT molecular complexity index is 8470. The Labute approximate surface area is 817 Å². The molecule has 24 aromatic rings. The van der Waals surface area contributed by atoms with Crippen molar-refractivity contribution in [3.05, 3.63) is 494 Å². The van der Waals surface area contributed by atoms with Crippen molar-refractivity contribution in [1.82, 2.24) is 59.8 Å². The smallest absolute Gasteiger partial charge is 0.208 e. The second-order valence-corrected chi connectivity index (χ2v) is 34.1. The summed E-state index contributed by atoms with van der Waals surface area (Å²) in [6.07, 6.45) is 0. The maximum absolute atomic E-state index is 6.42. The largest absolute Gasteiger partial charge is 0.226 e. The Hall–Kier alpha value is -17.1. The van der Waals surface area contributed by atoms with Gasteiger partial charge in [-0.1, -0.05) is 443 Å². The minimum absolute atomic E-state index is 0.171. The first-order valence-corrected chi connectivity index (χ1v) is 46.5.